The lowest BCUT2D eigenvalue weighted by molar-refractivity contribution is 0.0727. The molecule has 0 aliphatic heterocycles. The number of hydrogen-bond donors (Lipinski definition) is 1. The monoisotopic (exact) mass is 271 g/mol. The van der Waals surface area contributed by atoms with Gasteiger partial charge in [0.1, 0.15) is 0 Å². The molecule has 1 N–H and O–H groups in total. The summed E-state index contributed by atoms with van der Waals surface area (Å²) < 4.78 is 0. The summed E-state index contributed by atoms with van der Waals surface area (Å²) >= 11 is 0. The third-order valence-electron chi connectivity index (χ3n) is 3.85. The molecule has 1 fully saturated rings. The van der Waals surface area contributed by atoms with Crippen LogP contribution >= 0.6 is 0 Å². The molecule has 0 spiro atoms. The van der Waals surface area contributed by atoms with E-state index in [9.17, 15) is 4.79 Å². The zero-order valence-electron chi connectivity index (χ0n) is 12.1. The van der Waals surface area contributed by atoms with Crippen molar-refractivity contribution in [1.82, 2.24) is 4.90 Å². The molecule has 20 heavy (non-hydrogen) atoms. The number of rotatable bonds is 4. The number of benzene rings is 1. The van der Waals surface area contributed by atoms with Gasteiger partial charge in [-0.25, -0.2) is 0 Å². The van der Waals surface area contributed by atoms with E-state index in [4.69, 9.17) is 5.11 Å². The molecule has 0 heterocycles. The number of aliphatic hydroxyl groups is 1. The van der Waals surface area contributed by atoms with Crippen molar-refractivity contribution in [1.29, 1.82) is 0 Å². The average Bonchev–Trinajstić information content (AvgIpc) is 3.30. The van der Waals surface area contributed by atoms with Crippen LogP contribution in [0.1, 0.15) is 42.1 Å². The first-order valence-corrected chi connectivity index (χ1v) is 7.11. The normalized spacial score (nSPS) is 15.2. The molecule has 1 aromatic rings. The second kappa shape index (κ2) is 6.58. The van der Waals surface area contributed by atoms with Crippen LogP contribution in [-0.2, 0) is 0 Å². The molecular formula is C17H21NO2. The van der Waals surface area contributed by atoms with Gasteiger partial charge in [0.05, 0.1) is 12.2 Å². The zero-order chi connectivity index (χ0) is 14.5. The van der Waals surface area contributed by atoms with Crippen molar-refractivity contribution in [3.63, 3.8) is 0 Å². The third kappa shape index (κ3) is 3.40. The summed E-state index contributed by atoms with van der Waals surface area (Å²) in [5.41, 5.74) is 1.38. The lowest BCUT2D eigenvalue weighted by atomic mass is 10.1. The summed E-state index contributed by atoms with van der Waals surface area (Å²) in [6, 6.07) is 7.69. The Morgan fingerprint density at radius 3 is 2.80 bits per heavy atom. The number of amides is 1. The number of hydrogen-bond acceptors (Lipinski definition) is 2. The zero-order valence-corrected chi connectivity index (χ0v) is 12.1. The first kappa shape index (κ1) is 14.6. The van der Waals surface area contributed by atoms with E-state index in [0.29, 0.717) is 17.9 Å². The molecule has 1 aliphatic rings. The van der Waals surface area contributed by atoms with Crippen molar-refractivity contribution < 1.29 is 9.90 Å². The predicted molar refractivity (Wildman–Crippen MR) is 79.3 cm³/mol. The molecule has 0 aromatic heterocycles. The minimum Gasteiger partial charge on any atom is -0.395 e. The Hall–Kier alpha value is -1.79. The molecule has 1 unspecified atom stereocenters. The maximum atomic E-state index is 12.6. The van der Waals surface area contributed by atoms with Crippen LogP contribution in [-0.4, -0.2) is 35.6 Å². The van der Waals surface area contributed by atoms with Crippen LogP contribution in [0, 0.1) is 17.8 Å². The van der Waals surface area contributed by atoms with E-state index in [1.165, 1.54) is 12.8 Å². The van der Waals surface area contributed by atoms with Crippen molar-refractivity contribution in [3.8, 4) is 11.8 Å². The van der Waals surface area contributed by atoms with E-state index in [0.717, 1.165) is 5.56 Å². The minimum absolute atomic E-state index is 0.0262. The molecule has 0 saturated heterocycles. The van der Waals surface area contributed by atoms with Gasteiger partial charge in [0.15, 0.2) is 0 Å². The largest absolute Gasteiger partial charge is 0.395 e. The van der Waals surface area contributed by atoms with Crippen LogP contribution in [0.2, 0.25) is 0 Å². The molecule has 0 bridgehead atoms. The van der Waals surface area contributed by atoms with E-state index in [1.807, 2.05) is 36.2 Å². The van der Waals surface area contributed by atoms with Gasteiger partial charge in [0.25, 0.3) is 5.91 Å². The topological polar surface area (TPSA) is 40.5 Å². The van der Waals surface area contributed by atoms with Gasteiger partial charge < -0.3 is 10.0 Å². The lowest BCUT2D eigenvalue weighted by Crippen LogP contribution is -2.36. The highest BCUT2D eigenvalue weighted by atomic mass is 16.2. The van der Waals surface area contributed by atoms with E-state index in [1.54, 1.807) is 0 Å². The van der Waals surface area contributed by atoms with Gasteiger partial charge in [-0.2, -0.15) is 0 Å². The lowest BCUT2D eigenvalue weighted by Gasteiger charge is -2.25. The number of carbonyl (C=O) groups excluding carboxylic acids is 1. The third-order valence-corrected chi connectivity index (χ3v) is 3.85. The summed E-state index contributed by atoms with van der Waals surface area (Å²) in [4.78, 5) is 14.4. The predicted octanol–water partition coefficient (Wildman–Crippen LogP) is 2.29. The molecule has 1 saturated carbocycles. The maximum Gasteiger partial charge on any atom is 0.255 e. The molecule has 1 aromatic carbocycles. The highest BCUT2D eigenvalue weighted by Crippen LogP contribution is 2.35. The highest BCUT2D eigenvalue weighted by Gasteiger charge is 2.33. The SMILES string of the molecule is CC(C1CC1)N(C)C(=O)c1ccccc1C#CCCO. The molecule has 1 atom stereocenters. The molecule has 3 heteroatoms. The Morgan fingerprint density at radius 1 is 1.45 bits per heavy atom. The second-order valence-corrected chi connectivity index (χ2v) is 5.32. The Kier molecular flexibility index (Phi) is 4.81. The Labute approximate surface area is 120 Å². The van der Waals surface area contributed by atoms with Gasteiger partial charge in [0, 0.05) is 25.1 Å². The smallest absolute Gasteiger partial charge is 0.255 e. The van der Waals surface area contributed by atoms with Gasteiger partial charge in [0.2, 0.25) is 0 Å². The first-order chi connectivity index (χ1) is 9.65. The Morgan fingerprint density at radius 2 is 2.15 bits per heavy atom. The summed E-state index contributed by atoms with van der Waals surface area (Å²) in [7, 11) is 1.86. The minimum atomic E-state index is 0.0262. The van der Waals surface area contributed by atoms with Crippen molar-refractivity contribution in [2.75, 3.05) is 13.7 Å². The van der Waals surface area contributed by atoms with Gasteiger partial charge >= 0.3 is 0 Å². The molecule has 2 rings (SSSR count). The summed E-state index contributed by atoms with van der Waals surface area (Å²) in [6.45, 7) is 2.15. The van der Waals surface area contributed by atoms with Crippen LogP contribution in [0.15, 0.2) is 24.3 Å². The molecule has 0 radical (unpaired) electrons. The standard InChI is InChI=1S/C17H21NO2/c1-13(14-10-11-14)18(2)17(20)16-9-4-3-7-15(16)8-5-6-12-19/h3-4,7,9,13-14,19H,6,10-12H2,1-2H3. The number of carbonyl (C=O) groups is 1. The molecular weight excluding hydrogens is 250 g/mol. The first-order valence-electron chi connectivity index (χ1n) is 7.11. The van der Waals surface area contributed by atoms with Crippen LogP contribution in [0.5, 0.6) is 0 Å². The fourth-order valence-electron chi connectivity index (χ4n) is 2.26. The van der Waals surface area contributed by atoms with Gasteiger partial charge in [-0.1, -0.05) is 24.0 Å². The summed E-state index contributed by atoms with van der Waals surface area (Å²) in [6.07, 6.45) is 2.87. The van der Waals surface area contributed by atoms with E-state index < -0.39 is 0 Å². The molecule has 3 nitrogen and oxygen atoms in total. The van der Waals surface area contributed by atoms with E-state index in [2.05, 4.69) is 18.8 Å². The van der Waals surface area contributed by atoms with Gasteiger partial charge in [-0.3, -0.25) is 4.79 Å². The Bertz CT molecular complexity index is 537. The maximum absolute atomic E-state index is 12.6. The highest BCUT2D eigenvalue weighted by molar-refractivity contribution is 5.96. The van der Waals surface area contributed by atoms with Crippen LogP contribution in [0.3, 0.4) is 0 Å². The molecule has 106 valence electrons. The number of aliphatic hydroxyl groups excluding tert-OH is 1. The van der Waals surface area contributed by atoms with Crippen molar-refractivity contribution in [2.24, 2.45) is 5.92 Å². The second-order valence-electron chi connectivity index (χ2n) is 5.32. The van der Waals surface area contributed by atoms with Crippen molar-refractivity contribution >= 4 is 5.91 Å². The summed E-state index contributed by atoms with van der Waals surface area (Å²) in [5, 5.41) is 8.77. The Balaban J connectivity index is 2.19. The van der Waals surface area contributed by atoms with Crippen molar-refractivity contribution in [2.45, 2.75) is 32.2 Å². The van der Waals surface area contributed by atoms with Gasteiger partial charge in [-0.05, 0) is 37.8 Å². The van der Waals surface area contributed by atoms with Crippen LogP contribution < -0.4 is 0 Å². The quantitative estimate of drug-likeness (QED) is 0.854. The summed E-state index contributed by atoms with van der Waals surface area (Å²) in [5.74, 6) is 6.53. The number of nitrogens with zero attached hydrogens (tertiary/aromatic N) is 1. The molecule has 1 aliphatic carbocycles. The van der Waals surface area contributed by atoms with Crippen LogP contribution in [0.25, 0.3) is 0 Å². The van der Waals surface area contributed by atoms with E-state index >= 15 is 0 Å². The fraction of sp³-hybridized carbons (Fsp3) is 0.471. The molecule has 1 amide bonds. The van der Waals surface area contributed by atoms with Crippen molar-refractivity contribution in [3.05, 3.63) is 35.4 Å². The fourth-order valence-corrected chi connectivity index (χ4v) is 2.26. The average molecular weight is 271 g/mol. The van der Waals surface area contributed by atoms with Crippen LogP contribution in [0.4, 0.5) is 0 Å². The van der Waals surface area contributed by atoms with E-state index in [-0.39, 0.29) is 18.6 Å². The van der Waals surface area contributed by atoms with Gasteiger partial charge in [-0.15, -0.1) is 0 Å².